The highest BCUT2D eigenvalue weighted by Gasteiger charge is 2.15. The van der Waals surface area contributed by atoms with Crippen LogP contribution in [-0.2, 0) is 11.3 Å². The van der Waals surface area contributed by atoms with Gasteiger partial charge in [-0.25, -0.2) is 0 Å². The minimum Gasteiger partial charge on any atom is -0.489 e. The molecule has 0 saturated heterocycles. The summed E-state index contributed by atoms with van der Waals surface area (Å²) in [5.41, 5.74) is 4.47. The van der Waals surface area contributed by atoms with Crippen LogP contribution < -0.4 is 4.74 Å². The fourth-order valence-electron chi connectivity index (χ4n) is 3.42. The van der Waals surface area contributed by atoms with E-state index in [0.29, 0.717) is 30.9 Å². The summed E-state index contributed by atoms with van der Waals surface area (Å²) in [6.45, 7) is 4.63. The molecule has 0 fully saturated rings. The lowest BCUT2D eigenvalue weighted by molar-refractivity contribution is -0.136. The molecule has 1 heterocycles. The third-order valence-corrected chi connectivity index (χ3v) is 5.31. The van der Waals surface area contributed by atoms with Crippen LogP contribution in [0.2, 0.25) is 0 Å². The van der Waals surface area contributed by atoms with Crippen molar-refractivity contribution < 1.29 is 23.8 Å². The maximum absolute atomic E-state index is 13.0. The lowest BCUT2D eigenvalue weighted by Crippen LogP contribution is -2.26. The highest BCUT2D eigenvalue weighted by atomic mass is 16.5. The molecule has 1 N–H and O–H groups in total. The molecule has 0 aliphatic heterocycles. The number of carboxylic acid groups (broad SMARTS) is 1. The number of allylic oxidation sites excluding steroid dienone is 1. The van der Waals surface area contributed by atoms with Gasteiger partial charge >= 0.3 is 5.97 Å². The van der Waals surface area contributed by atoms with E-state index in [9.17, 15) is 9.59 Å². The van der Waals surface area contributed by atoms with Gasteiger partial charge in [-0.1, -0.05) is 35.4 Å². The molecule has 0 bridgehead atoms. The van der Waals surface area contributed by atoms with Crippen LogP contribution in [-0.4, -0.2) is 35.5 Å². The second-order valence-electron chi connectivity index (χ2n) is 8.08. The smallest absolute Gasteiger partial charge is 0.303 e. The molecule has 2 aromatic carbocycles. The average Bonchev–Trinajstić information content (AvgIpc) is 3.33. The fraction of sp³-hybridized carbons (Fsp3) is 0.259. The lowest BCUT2D eigenvalue weighted by Gasteiger charge is -2.20. The first-order valence-electron chi connectivity index (χ1n) is 10.8. The summed E-state index contributed by atoms with van der Waals surface area (Å²) >= 11 is 0. The Hall–Kier alpha value is -3.80. The minimum atomic E-state index is -0.812. The maximum atomic E-state index is 13.0. The van der Waals surface area contributed by atoms with E-state index in [0.717, 1.165) is 28.0 Å². The van der Waals surface area contributed by atoms with Crippen molar-refractivity contribution in [3.63, 3.8) is 0 Å². The van der Waals surface area contributed by atoms with E-state index in [1.54, 1.807) is 30.3 Å². The van der Waals surface area contributed by atoms with Gasteiger partial charge in [0.15, 0.2) is 0 Å². The highest BCUT2D eigenvalue weighted by molar-refractivity contribution is 5.94. The van der Waals surface area contributed by atoms with Gasteiger partial charge in [-0.2, -0.15) is 0 Å². The van der Waals surface area contributed by atoms with Crippen molar-refractivity contribution >= 4 is 11.9 Å². The number of furan rings is 1. The quantitative estimate of drug-likeness (QED) is 0.402. The van der Waals surface area contributed by atoms with Crippen LogP contribution in [0.3, 0.4) is 0 Å². The maximum Gasteiger partial charge on any atom is 0.303 e. The number of hydrogen-bond acceptors (Lipinski definition) is 4. The normalized spacial score (nSPS) is 11.3. The summed E-state index contributed by atoms with van der Waals surface area (Å²) in [4.78, 5) is 25.4. The van der Waals surface area contributed by atoms with Crippen LogP contribution in [0, 0.1) is 6.92 Å². The van der Waals surface area contributed by atoms with E-state index in [1.807, 2.05) is 62.4 Å². The van der Waals surface area contributed by atoms with Gasteiger partial charge < -0.3 is 19.2 Å². The van der Waals surface area contributed by atoms with Crippen LogP contribution in [0.4, 0.5) is 0 Å². The summed E-state index contributed by atoms with van der Waals surface area (Å²) in [6, 6.07) is 16.9. The van der Waals surface area contributed by atoms with Gasteiger partial charge in [-0.15, -0.1) is 0 Å². The molecule has 0 saturated carbocycles. The Balaban J connectivity index is 1.65. The van der Waals surface area contributed by atoms with E-state index in [4.69, 9.17) is 14.3 Å². The average molecular weight is 448 g/mol. The van der Waals surface area contributed by atoms with Crippen molar-refractivity contribution in [1.82, 2.24) is 4.90 Å². The van der Waals surface area contributed by atoms with Gasteiger partial charge in [0.05, 0.1) is 6.26 Å². The van der Waals surface area contributed by atoms with Crippen molar-refractivity contribution in [3.8, 4) is 17.1 Å². The Bertz CT molecular complexity index is 1110. The molecule has 3 rings (SSSR count). The predicted molar refractivity (Wildman–Crippen MR) is 127 cm³/mol. The van der Waals surface area contributed by atoms with Crippen LogP contribution in [0.1, 0.15) is 41.3 Å². The van der Waals surface area contributed by atoms with Crippen molar-refractivity contribution in [2.24, 2.45) is 0 Å². The first kappa shape index (κ1) is 23.9. The Morgan fingerprint density at radius 2 is 1.85 bits per heavy atom. The summed E-state index contributed by atoms with van der Waals surface area (Å²) in [6.07, 6.45) is 4.11. The molecule has 0 atom stereocenters. The second-order valence-corrected chi connectivity index (χ2v) is 8.08. The minimum absolute atomic E-state index is 0.0853. The van der Waals surface area contributed by atoms with E-state index in [2.05, 4.69) is 0 Å². The fourth-order valence-corrected chi connectivity index (χ4v) is 3.42. The molecule has 172 valence electrons. The number of rotatable bonds is 10. The number of benzene rings is 2. The predicted octanol–water partition coefficient (Wildman–Crippen LogP) is 5.72. The first-order chi connectivity index (χ1) is 15.8. The topological polar surface area (TPSA) is 80.0 Å². The summed E-state index contributed by atoms with van der Waals surface area (Å²) in [5.74, 6) is 0.567. The Morgan fingerprint density at radius 3 is 2.52 bits per heavy atom. The summed E-state index contributed by atoms with van der Waals surface area (Å²) < 4.78 is 11.3. The monoisotopic (exact) mass is 447 g/mol. The molecule has 33 heavy (non-hydrogen) atoms. The van der Waals surface area contributed by atoms with Crippen molar-refractivity contribution in [3.05, 3.63) is 89.2 Å². The van der Waals surface area contributed by atoms with E-state index < -0.39 is 5.97 Å². The third-order valence-electron chi connectivity index (χ3n) is 5.31. The molecule has 6 nitrogen and oxygen atoms in total. The molecular weight excluding hydrogens is 418 g/mol. The molecular formula is C27H29NO5. The molecule has 0 radical (unpaired) electrons. The number of nitrogens with zero attached hydrogens (tertiary/aromatic N) is 1. The number of hydrogen-bond donors (Lipinski definition) is 1. The number of carbonyl (C=O) groups is 2. The van der Waals surface area contributed by atoms with Gasteiger partial charge in [-0.05, 0) is 56.7 Å². The molecule has 0 spiro atoms. The van der Waals surface area contributed by atoms with Crippen molar-refractivity contribution in [1.29, 1.82) is 0 Å². The zero-order valence-corrected chi connectivity index (χ0v) is 19.2. The van der Waals surface area contributed by atoms with Crippen molar-refractivity contribution in [2.75, 3.05) is 13.7 Å². The Kier molecular flexibility index (Phi) is 8.08. The molecule has 1 amide bonds. The zero-order valence-electron chi connectivity index (χ0n) is 19.2. The van der Waals surface area contributed by atoms with E-state index >= 15 is 0 Å². The SMILES string of the molecule is C/C(=C\COc1ccc(C)cc1CN(C)C(=O)c1ccc(-c2ccco2)cc1)CCC(=O)O. The number of aliphatic carboxylic acids is 1. The summed E-state index contributed by atoms with van der Waals surface area (Å²) in [5, 5.41) is 8.80. The number of amides is 1. The number of aryl methyl sites for hydroxylation is 1. The van der Waals surface area contributed by atoms with Crippen LogP contribution in [0.15, 0.2) is 76.9 Å². The third kappa shape index (κ3) is 6.84. The van der Waals surface area contributed by atoms with Gasteiger partial charge in [0.2, 0.25) is 0 Å². The first-order valence-corrected chi connectivity index (χ1v) is 10.8. The molecule has 1 aromatic heterocycles. The van der Waals surface area contributed by atoms with Gasteiger partial charge in [0.1, 0.15) is 18.1 Å². The zero-order chi connectivity index (χ0) is 23.8. The van der Waals surface area contributed by atoms with E-state index in [1.165, 1.54) is 0 Å². The van der Waals surface area contributed by atoms with Gasteiger partial charge in [0.25, 0.3) is 5.91 Å². The molecule has 0 aliphatic carbocycles. The number of carboxylic acids is 1. The standard InChI is InChI=1S/C27H29NO5/c1-19(7-13-26(29)30)14-16-33-25-12-6-20(2)17-23(25)18-28(3)27(31)22-10-8-21(9-11-22)24-5-4-15-32-24/h4-6,8-12,14-15,17H,7,13,16,18H2,1-3H3,(H,29,30)/b19-14+. The number of ether oxygens (including phenoxy) is 1. The Morgan fingerprint density at radius 1 is 1.09 bits per heavy atom. The molecule has 0 aliphatic rings. The number of carbonyl (C=O) groups excluding carboxylic acids is 1. The van der Waals surface area contributed by atoms with Crippen LogP contribution >= 0.6 is 0 Å². The second kappa shape index (κ2) is 11.2. The highest BCUT2D eigenvalue weighted by Crippen LogP contribution is 2.24. The molecule has 3 aromatic rings. The van der Waals surface area contributed by atoms with Crippen molar-refractivity contribution in [2.45, 2.75) is 33.2 Å². The largest absolute Gasteiger partial charge is 0.489 e. The molecule has 0 unspecified atom stereocenters. The molecule has 6 heteroatoms. The van der Waals surface area contributed by atoms with E-state index in [-0.39, 0.29) is 12.3 Å². The summed E-state index contributed by atoms with van der Waals surface area (Å²) in [7, 11) is 1.77. The Labute approximate surface area is 194 Å². The van der Waals surface area contributed by atoms with Gasteiger partial charge in [-0.3, -0.25) is 9.59 Å². The lowest BCUT2D eigenvalue weighted by atomic mass is 10.1. The van der Waals surface area contributed by atoms with Gasteiger partial charge in [0, 0.05) is 36.7 Å². The van der Waals surface area contributed by atoms with Crippen LogP contribution in [0.25, 0.3) is 11.3 Å². The van der Waals surface area contributed by atoms with Crippen LogP contribution in [0.5, 0.6) is 5.75 Å².